The van der Waals surface area contributed by atoms with Gasteiger partial charge in [-0.1, -0.05) is 19.1 Å². The van der Waals surface area contributed by atoms with Crippen LogP contribution in [0.4, 0.5) is 0 Å². The molecular formula is C15H23NO3S. The van der Waals surface area contributed by atoms with Crippen molar-refractivity contribution in [3.8, 4) is 5.75 Å². The third-order valence-electron chi connectivity index (χ3n) is 3.94. The van der Waals surface area contributed by atoms with E-state index >= 15 is 0 Å². The summed E-state index contributed by atoms with van der Waals surface area (Å²) in [6.07, 6.45) is 0.741. The van der Waals surface area contributed by atoms with Crippen molar-refractivity contribution < 1.29 is 13.2 Å². The summed E-state index contributed by atoms with van der Waals surface area (Å²) in [6.45, 7) is 4.88. The van der Waals surface area contributed by atoms with Crippen molar-refractivity contribution in [2.24, 2.45) is 5.92 Å². The van der Waals surface area contributed by atoms with Gasteiger partial charge in [-0.3, -0.25) is 0 Å². The highest BCUT2D eigenvalue weighted by atomic mass is 32.2. The van der Waals surface area contributed by atoms with Gasteiger partial charge in [-0.05, 0) is 43.0 Å². The van der Waals surface area contributed by atoms with E-state index in [9.17, 15) is 8.42 Å². The number of methoxy groups -OCH3 is 1. The fourth-order valence-electron chi connectivity index (χ4n) is 2.96. The molecule has 1 aliphatic heterocycles. The first kappa shape index (κ1) is 15.3. The van der Waals surface area contributed by atoms with Crippen LogP contribution in [0.2, 0.25) is 0 Å². The molecule has 1 aromatic rings. The van der Waals surface area contributed by atoms with E-state index in [1.807, 2.05) is 26.0 Å². The minimum Gasteiger partial charge on any atom is -0.496 e. The van der Waals surface area contributed by atoms with Crippen LogP contribution in [0.3, 0.4) is 0 Å². The van der Waals surface area contributed by atoms with E-state index in [1.54, 1.807) is 7.11 Å². The molecule has 5 heteroatoms. The Balaban J connectivity index is 2.27. The van der Waals surface area contributed by atoms with Crippen LogP contribution in [0.5, 0.6) is 5.75 Å². The van der Waals surface area contributed by atoms with Crippen molar-refractivity contribution in [1.82, 2.24) is 5.32 Å². The maximum Gasteiger partial charge on any atom is 0.150 e. The molecule has 20 heavy (non-hydrogen) atoms. The molecule has 0 bridgehead atoms. The molecule has 0 radical (unpaired) electrons. The quantitative estimate of drug-likeness (QED) is 0.904. The molecule has 0 aliphatic carbocycles. The first-order valence-electron chi connectivity index (χ1n) is 7.05. The Morgan fingerprint density at radius 1 is 1.45 bits per heavy atom. The smallest absolute Gasteiger partial charge is 0.150 e. The molecule has 112 valence electrons. The number of hydrogen-bond donors (Lipinski definition) is 1. The number of hydrogen-bond acceptors (Lipinski definition) is 4. The summed E-state index contributed by atoms with van der Waals surface area (Å²) < 4.78 is 28.7. The second-order valence-corrected chi connectivity index (χ2v) is 7.66. The van der Waals surface area contributed by atoms with E-state index in [0.29, 0.717) is 5.75 Å². The van der Waals surface area contributed by atoms with E-state index in [4.69, 9.17) is 4.74 Å². The summed E-state index contributed by atoms with van der Waals surface area (Å²) in [7, 11) is -1.19. The summed E-state index contributed by atoms with van der Waals surface area (Å²) in [5, 5.41) is 3.44. The highest BCUT2D eigenvalue weighted by Crippen LogP contribution is 2.33. The SMILES string of the molecule is CCNC(c1ccc(OC)c(C)c1)C1CCS(=O)(=O)C1. The second-order valence-electron chi connectivity index (χ2n) is 5.43. The van der Waals surface area contributed by atoms with Gasteiger partial charge in [0, 0.05) is 6.04 Å². The minimum absolute atomic E-state index is 0.0990. The predicted molar refractivity (Wildman–Crippen MR) is 80.9 cm³/mol. The van der Waals surface area contributed by atoms with Crippen molar-refractivity contribution in [1.29, 1.82) is 0 Å². The Kier molecular flexibility index (Phi) is 4.70. The van der Waals surface area contributed by atoms with E-state index < -0.39 is 9.84 Å². The Labute approximate surface area is 121 Å². The molecule has 2 unspecified atom stereocenters. The van der Waals surface area contributed by atoms with Gasteiger partial charge in [-0.2, -0.15) is 0 Å². The molecule has 2 atom stereocenters. The van der Waals surface area contributed by atoms with Crippen LogP contribution in [-0.2, 0) is 9.84 Å². The molecular weight excluding hydrogens is 274 g/mol. The fourth-order valence-corrected chi connectivity index (χ4v) is 4.80. The zero-order chi connectivity index (χ0) is 14.8. The van der Waals surface area contributed by atoms with Crippen LogP contribution < -0.4 is 10.1 Å². The molecule has 4 nitrogen and oxygen atoms in total. The van der Waals surface area contributed by atoms with Crippen molar-refractivity contribution >= 4 is 9.84 Å². The standard InChI is InChI=1S/C15H23NO3S/c1-4-16-15(13-7-8-20(17,18)10-13)12-5-6-14(19-3)11(2)9-12/h5-6,9,13,15-16H,4,7-8,10H2,1-3H3. The van der Waals surface area contributed by atoms with Gasteiger partial charge in [0.05, 0.1) is 18.6 Å². The fraction of sp³-hybridized carbons (Fsp3) is 0.600. The molecule has 1 aliphatic rings. The van der Waals surface area contributed by atoms with Crippen LogP contribution >= 0.6 is 0 Å². The van der Waals surface area contributed by atoms with E-state index in [0.717, 1.165) is 29.8 Å². The number of nitrogens with one attached hydrogen (secondary N) is 1. The van der Waals surface area contributed by atoms with Crippen molar-refractivity contribution in [2.75, 3.05) is 25.2 Å². The lowest BCUT2D eigenvalue weighted by Crippen LogP contribution is -2.29. The highest BCUT2D eigenvalue weighted by molar-refractivity contribution is 7.91. The van der Waals surface area contributed by atoms with Gasteiger partial charge < -0.3 is 10.1 Å². The van der Waals surface area contributed by atoms with E-state index in [-0.39, 0.29) is 17.7 Å². The largest absolute Gasteiger partial charge is 0.496 e. The van der Waals surface area contributed by atoms with Crippen molar-refractivity contribution in [3.05, 3.63) is 29.3 Å². The zero-order valence-corrected chi connectivity index (χ0v) is 13.2. The molecule has 0 amide bonds. The summed E-state index contributed by atoms with van der Waals surface area (Å²) in [4.78, 5) is 0. The summed E-state index contributed by atoms with van der Waals surface area (Å²) in [6, 6.07) is 6.18. The first-order chi connectivity index (χ1) is 9.46. The molecule has 1 aromatic carbocycles. The van der Waals surface area contributed by atoms with Gasteiger partial charge in [0.15, 0.2) is 9.84 Å². The normalized spacial score (nSPS) is 22.6. The van der Waals surface area contributed by atoms with E-state index in [2.05, 4.69) is 11.4 Å². The van der Waals surface area contributed by atoms with Gasteiger partial charge >= 0.3 is 0 Å². The average Bonchev–Trinajstić information content (AvgIpc) is 2.76. The summed E-state index contributed by atoms with van der Waals surface area (Å²) >= 11 is 0. The van der Waals surface area contributed by atoms with Crippen molar-refractivity contribution in [3.63, 3.8) is 0 Å². The lowest BCUT2D eigenvalue weighted by atomic mass is 9.91. The van der Waals surface area contributed by atoms with Gasteiger partial charge in [0.25, 0.3) is 0 Å². The average molecular weight is 297 g/mol. The number of aryl methyl sites for hydroxylation is 1. The van der Waals surface area contributed by atoms with Crippen LogP contribution in [0.25, 0.3) is 0 Å². The summed E-state index contributed by atoms with van der Waals surface area (Å²) in [5.41, 5.74) is 2.22. The van der Waals surface area contributed by atoms with Crippen LogP contribution in [0.1, 0.15) is 30.5 Å². The number of benzene rings is 1. The molecule has 1 saturated heterocycles. The van der Waals surface area contributed by atoms with Crippen LogP contribution in [0.15, 0.2) is 18.2 Å². The summed E-state index contributed by atoms with van der Waals surface area (Å²) in [5.74, 6) is 1.63. The Bertz CT molecular complexity index is 568. The monoisotopic (exact) mass is 297 g/mol. The van der Waals surface area contributed by atoms with E-state index in [1.165, 1.54) is 0 Å². The lowest BCUT2D eigenvalue weighted by molar-refractivity contribution is 0.395. The molecule has 1 fully saturated rings. The van der Waals surface area contributed by atoms with Gasteiger partial charge in [0.2, 0.25) is 0 Å². The Morgan fingerprint density at radius 3 is 2.70 bits per heavy atom. The molecule has 0 aromatic heterocycles. The first-order valence-corrected chi connectivity index (χ1v) is 8.87. The predicted octanol–water partition coefficient (Wildman–Crippen LogP) is 2.09. The number of sulfone groups is 1. The third kappa shape index (κ3) is 3.33. The minimum atomic E-state index is -2.85. The van der Waals surface area contributed by atoms with Gasteiger partial charge in [0.1, 0.15) is 5.75 Å². The molecule has 1 N–H and O–H groups in total. The van der Waals surface area contributed by atoms with Crippen molar-refractivity contribution in [2.45, 2.75) is 26.3 Å². The zero-order valence-electron chi connectivity index (χ0n) is 12.3. The molecule has 1 heterocycles. The maximum absolute atomic E-state index is 11.7. The topological polar surface area (TPSA) is 55.4 Å². The Morgan fingerprint density at radius 2 is 2.20 bits per heavy atom. The lowest BCUT2D eigenvalue weighted by Gasteiger charge is -2.24. The number of ether oxygens (including phenoxy) is 1. The van der Waals surface area contributed by atoms with Crippen LogP contribution in [0, 0.1) is 12.8 Å². The maximum atomic E-state index is 11.7. The molecule has 0 saturated carbocycles. The third-order valence-corrected chi connectivity index (χ3v) is 5.73. The second kappa shape index (κ2) is 6.14. The van der Waals surface area contributed by atoms with Gasteiger partial charge in [-0.25, -0.2) is 8.42 Å². The number of rotatable bonds is 5. The highest BCUT2D eigenvalue weighted by Gasteiger charge is 2.34. The van der Waals surface area contributed by atoms with Crippen LogP contribution in [-0.4, -0.2) is 33.6 Å². The molecule has 2 rings (SSSR count). The molecule has 0 spiro atoms. The van der Waals surface area contributed by atoms with Gasteiger partial charge in [-0.15, -0.1) is 0 Å². The Hall–Kier alpha value is -1.07.